The second kappa shape index (κ2) is 3.49. The molecule has 5 heteroatoms. The number of imidazole rings is 1. The fourth-order valence-electron chi connectivity index (χ4n) is 1.76. The van der Waals surface area contributed by atoms with Gasteiger partial charge in [-0.05, 0) is 12.8 Å². The van der Waals surface area contributed by atoms with Crippen LogP contribution in [0.15, 0.2) is 11.0 Å². The normalized spacial score (nSPS) is 18.6. The van der Waals surface area contributed by atoms with Crippen LogP contribution in [0.5, 0.6) is 5.88 Å². The Morgan fingerprint density at radius 1 is 1.50 bits per heavy atom. The first-order chi connectivity index (χ1) is 6.70. The van der Waals surface area contributed by atoms with E-state index in [1.807, 2.05) is 0 Å². The van der Waals surface area contributed by atoms with Gasteiger partial charge in [0, 0.05) is 26.3 Å². The van der Waals surface area contributed by atoms with Gasteiger partial charge >= 0.3 is 5.69 Å². The molecule has 1 aliphatic heterocycles. The van der Waals surface area contributed by atoms with Crippen LogP contribution in [0.4, 0.5) is 0 Å². The van der Waals surface area contributed by atoms with Gasteiger partial charge in [-0.2, -0.15) is 0 Å². The lowest BCUT2D eigenvalue weighted by molar-refractivity contribution is 0.0685. The molecule has 78 valence electrons. The maximum Gasteiger partial charge on any atom is 0.331 e. The van der Waals surface area contributed by atoms with Crippen molar-refractivity contribution < 1.29 is 9.84 Å². The molecule has 0 unspecified atom stereocenters. The van der Waals surface area contributed by atoms with Crippen molar-refractivity contribution in [3.63, 3.8) is 0 Å². The molecule has 14 heavy (non-hydrogen) atoms. The summed E-state index contributed by atoms with van der Waals surface area (Å²) in [5.74, 6) is 0.0153. The van der Waals surface area contributed by atoms with Crippen molar-refractivity contribution in [2.45, 2.75) is 18.9 Å². The van der Waals surface area contributed by atoms with Crippen LogP contribution in [0.25, 0.3) is 0 Å². The Labute approximate surface area is 81.5 Å². The lowest BCUT2D eigenvalue weighted by Gasteiger charge is -2.22. The van der Waals surface area contributed by atoms with Crippen molar-refractivity contribution in [1.82, 2.24) is 9.13 Å². The lowest BCUT2D eigenvalue weighted by Crippen LogP contribution is -2.29. The molecule has 5 nitrogen and oxygen atoms in total. The Bertz CT molecular complexity index is 374. The monoisotopic (exact) mass is 198 g/mol. The fraction of sp³-hybridized carbons (Fsp3) is 0.667. The summed E-state index contributed by atoms with van der Waals surface area (Å²) in [4.78, 5) is 11.6. The van der Waals surface area contributed by atoms with Crippen LogP contribution in [-0.2, 0) is 11.8 Å². The zero-order valence-electron chi connectivity index (χ0n) is 8.14. The molecule has 0 radical (unpaired) electrons. The maximum absolute atomic E-state index is 11.6. The van der Waals surface area contributed by atoms with E-state index in [1.54, 1.807) is 11.6 Å². The highest BCUT2D eigenvalue weighted by Gasteiger charge is 2.19. The molecule has 0 saturated carbocycles. The Morgan fingerprint density at radius 3 is 2.64 bits per heavy atom. The van der Waals surface area contributed by atoms with E-state index < -0.39 is 0 Å². The van der Waals surface area contributed by atoms with Crippen LogP contribution in [0.2, 0.25) is 0 Å². The molecule has 2 heterocycles. The minimum atomic E-state index is -0.158. The Balaban J connectivity index is 2.31. The maximum atomic E-state index is 11.6. The second-order valence-electron chi connectivity index (χ2n) is 3.58. The molecule has 1 N–H and O–H groups in total. The third-order valence-electron chi connectivity index (χ3n) is 2.69. The van der Waals surface area contributed by atoms with Crippen LogP contribution in [0, 0.1) is 0 Å². The van der Waals surface area contributed by atoms with Crippen molar-refractivity contribution in [2.24, 2.45) is 7.05 Å². The van der Waals surface area contributed by atoms with E-state index in [9.17, 15) is 9.90 Å². The highest BCUT2D eigenvalue weighted by Crippen LogP contribution is 2.20. The lowest BCUT2D eigenvalue weighted by atomic mass is 10.1. The minimum Gasteiger partial charge on any atom is -0.493 e. The van der Waals surface area contributed by atoms with Crippen molar-refractivity contribution in [3.8, 4) is 5.88 Å². The standard InChI is InChI=1S/C9H14N2O3/c1-10-8(12)6-11(9(10)13)7-2-4-14-5-3-7/h6-7,12H,2-5H2,1H3. The highest BCUT2D eigenvalue weighted by atomic mass is 16.5. The number of hydrogen-bond donors (Lipinski definition) is 1. The first kappa shape index (κ1) is 9.33. The van der Waals surface area contributed by atoms with E-state index in [4.69, 9.17) is 4.74 Å². The van der Waals surface area contributed by atoms with Gasteiger partial charge in [-0.3, -0.25) is 9.13 Å². The van der Waals surface area contributed by atoms with E-state index in [0.717, 1.165) is 12.8 Å². The summed E-state index contributed by atoms with van der Waals surface area (Å²) in [5.41, 5.74) is -0.158. The molecule has 0 aliphatic carbocycles. The molecule has 0 spiro atoms. The van der Waals surface area contributed by atoms with E-state index in [2.05, 4.69) is 0 Å². The molecule has 0 bridgehead atoms. The number of hydrogen-bond acceptors (Lipinski definition) is 3. The van der Waals surface area contributed by atoms with Gasteiger partial charge in [0.05, 0.1) is 6.20 Å². The van der Waals surface area contributed by atoms with E-state index >= 15 is 0 Å². The van der Waals surface area contributed by atoms with Crippen LogP contribution >= 0.6 is 0 Å². The molecule has 1 aromatic heterocycles. The quantitative estimate of drug-likeness (QED) is 0.703. The summed E-state index contributed by atoms with van der Waals surface area (Å²) in [6.45, 7) is 1.37. The van der Waals surface area contributed by atoms with Crippen LogP contribution in [-0.4, -0.2) is 27.5 Å². The van der Waals surface area contributed by atoms with E-state index in [1.165, 1.54) is 10.8 Å². The molecule has 2 rings (SSSR count). The van der Waals surface area contributed by atoms with Crippen LogP contribution < -0.4 is 5.69 Å². The third-order valence-corrected chi connectivity index (χ3v) is 2.69. The molecule has 1 fully saturated rings. The molecule has 1 aliphatic rings. The zero-order chi connectivity index (χ0) is 10.1. The Hall–Kier alpha value is -1.23. The minimum absolute atomic E-state index is 0.0153. The molecule has 1 aromatic rings. The van der Waals surface area contributed by atoms with Gasteiger partial charge in [0.2, 0.25) is 5.88 Å². The summed E-state index contributed by atoms with van der Waals surface area (Å²) in [6, 6.07) is 0.170. The average Bonchev–Trinajstić information content (AvgIpc) is 2.47. The van der Waals surface area contributed by atoms with Gasteiger partial charge in [0.1, 0.15) is 0 Å². The summed E-state index contributed by atoms with van der Waals surface area (Å²) in [5, 5.41) is 9.36. The first-order valence-electron chi connectivity index (χ1n) is 4.74. The molecule has 0 atom stereocenters. The molecule has 1 saturated heterocycles. The van der Waals surface area contributed by atoms with Crippen LogP contribution in [0.1, 0.15) is 18.9 Å². The van der Waals surface area contributed by atoms with Crippen molar-refractivity contribution in [3.05, 3.63) is 16.7 Å². The summed E-state index contributed by atoms with van der Waals surface area (Å²) >= 11 is 0. The number of ether oxygens (including phenoxy) is 1. The Morgan fingerprint density at radius 2 is 2.14 bits per heavy atom. The van der Waals surface area contributed by atoms with E-state index in [-0.39, 0.29) is 17.6 Å². The van der Waals surface area contributed by atoms with E-state index in [0.29, 0.717) is 13.2 Å². The summed E-state index contributed by atoms with van der Waals surface area (Å²) in [7, 11) is 1.56. The SMILES string of the molecule is Cn1c(O)cn(C2CCOCC2)c1=O. The van der Waals surface area contributed by atoms with Crippen molar-refractivity contribution in [1.29, 1.82) is 0 Å². The number of nitrogens with zero attached hydrogens (tertiary/aromatic N) is 2. The topological polar surface area (TPSA) is 56.4 Å². The Kier molecular flexibility index (Phi) is 2.33. The molecule has 0 aromatic carbocycles. The smallest absolute Gasteiger partial charge is 0.331 e. The predicted octanol–water partition coefficient (Wildman–Crippen LogP) is 0.244. The van der Waals surface area contributed by atoms with Gasteiger partial charge in [-0.25, -0.2) is 4.79 Å². The highest BCUT2D eigenvalue weighted by molar-refractivity contribution is 5.05. The van der Waals surface area contributed by atoms with Gasteiger partial charge < -0.3 is 9.84 Å². The third kappa shape index (κ3) is 1.43. The van der Waals surface area contributed by atoms with Gasteiger partial charge in [0.15, 0.2) is 0 Å². The number of rotatable bonds is 1. The van der Waals surface area contributed by atoms with Gasteiger partial charge in [-0.1, -0.05) is 0 Å². The number of aromatic hydroxyl groups is 1. The predicted molar refractivity (Wildman–Crippen MR) is 50.4 cm³/mol. The molecular weight excluding hydrogens is 184 g/mol. The van der Waals surface area contributed by atoms with Crippen molar-refractivity contribution >= 4 is 0 Å². The van der Waals surface area contributed by atoms with Gasteiger partial charge in [-0.15, -0.1) is 0 Å². The fourth-order valence-corrected chi connectivity index (χ4v) is 1.76. The molecule has 0 amide bonds. The van der Waals surface area contributed by atoms with Gasteiger partial charge in [0.25, 0.3) is 0 Å². The zero-order valence-corrected chi connectivity index (χ0v) is 8.14. The number of aromatic nitrogens is 2. The van der Waals surface area contributed by atoms with Crippen molar-refractivity contribution in [2.75, 3.05) is 13.2 Å². The first-order valence-corrected chi connectivity index (χ1v) is 4.74. The average molecular weight is 198 g/mol. The molecular formula is C9H14N2O3. The van der Waals surface area contributed by atoms with Crippen LogP contribution in [0.3, 0.4) is 0 Å². The summed E-state index contributed by atoms with van der Waals surface area (Å²) < 4.78 is 8.05. The largest absolute Gasteiger partial charge is 0.493 e. The second-order valence-corrected chi connectivity index (χ2v) is 3.58. The summed E-state index contributed by atoms with van der Waals surface area (Å²) in [6.07, 6.45) is 3.17.